The van der Waals surface area contributed by atoms with Crippen molar-refractivity contribution >= 4 is 0 Å². The zero-order valence-electron chi connectivity index (χ0n) is 13.0. The highest BCUT2D eigenvalue weighted by atomic mass is 16.5. The van der Waals surface area contributed by atoms with Crippen molar-refractivity contribution in [1.82, 2.24) is 0 Å². The van der Waals surface area contributed by atoms with Crippen LogP contribution >= 0.6 is 0 Å². The lowest BCUT2D eigenvalue weighted by Gasteiger charge is -2.20. The Kier molecular flexibility index (Phi) is 5.86. The summed E-state index contributed by atoms with van der Waals surface area (Å²) in [5.41, 5.74) is 2.69. The number of hydrogen-bond donors (Lipinski definition) is 1. The Labute approximate surface area is 117 Å². The molecule has 19 heavy (non-hydrogen) atoms. The first-order valence-electron chi connectivity index (χ1n) is 7.26. The Bertz CT molecular complexity index is 391. The van der Waals surface area contributed by atoms with Crippen molar-refractivity contribution in [3.8, 4) is 5.75 Å². The van der Waals surface area contributed by atoms with Crippen LogP contribution in [0.3, 0.4) is 0 Å². The van der Waals surface area contributed by atoms with Crippen LogP contribution in [0.5, 0.6) is 5.75 Å². The van der Waals surface area contributed by atoms with Crippen LogP contribution in [0.1, 0.15) is 58.1 Å². The minimum atomic E-state index is -0.187. The highest BCUT2D eigenvalue weighted by Gasteiger charge is 2.14. The summed E-state index contributed by atoms with van der Waals surface area (Å²) in [6, 6.07) is 6.41. The van der Waals surface area contributed by atoms with E-state index in [0.717, 1.165) is 25.0 Å². The van der Waals surface area contributed by atoms with E-state index in [1.54, 1.807) is 0 Å². The molecule has 0 radical (unpaired) electrons. The fourth-order valence-corrected chi connectivity index (χ4v) is 1.98. The third-order valence-electron chi connectivity index (χ3n) is 3.45. The van der Waals surface area contributed by atoms with Gasteiger partial charge in [0.15, 0.2) is 0 Å². The topological polar surface area (TPSA) is 29.5 Å². The average molecular weight is 264 g/mol. The monoisotopic (exact) mass is 264 g/mol. The SMILES string of the molecule is CCC(O)CCCOc1ccc(C(C)(C)C)cc1C. The van der Waals surface area contributed by atoms with Crippen molar-refractivity contribution < 1.29 is 9.84 Å². The zero-order valence-corrected chi connectivity index (χ0v) is 13.0. The Balaban J connectivity index is 2.52. The third-order valence-corrected chi connectivity index (χ3v) is 3.45. The normalized spacial score (nSPS) is 13.4. The number of hydrogen-bond acceptors (Lipinski definition) is 2. The van der Waals surface area contributed by atoms with Crippen molar-refractivity contribution in [3.05, 3.63) is 29.3 Å². The highest BCUT2D eigenvalue weighted by molar-refractivity contribution is 5.38. The molecule has 1 atom stereocenters. The molecule has 1 aromatic carbocycles. The smallest absolute Gasteiger partial charge is 0.122 e. The van der Waals surface area contributed by atoms with E-state index in [2.05, 4.69) is 45.9 Å². The van der Waals surface area contributed by atoms with Crippen molar-refractivity contribution in [2.45, 2.75) is 65.4 Å². The molecule has 0 aliphatic carbocycles. The maximum Gasteiger partial charge on any atom is 0.122 e. The number of aliphatic hydroxyl groups is 1. The van der Waals surface area contributed by atoms with Crippen LogP contribution in [-0.2, 0) is 5.41 Å². The molecule has 0 bridgehead atoms. The second-order valence-corrected chi connectivity index (χ2v) is 6.28. The lowest BCUT2D eigenvalue weighted by Crippen LogP contribution is -2.11. The lowest BCUT2D eigenvalue weighted by atomic mass is 9.86. The van der Waals surface area contributed by atoms with E-state index in [0.29, 0.717) is 6.61 Å². The first-order chi connectivity index (χ1) is 8.84. The van der Waals surface area contributed by atoms with Crippen molar-refractivity contribution in [2.24, 2.45) is 0 Å². The molecule has 0 aliphatic rings. The van der Waals surface area contributed by atoms with Gasteiger partial charge in [0, 0.05) is 0 Å². The van der Waals surface area contributed by atoms with Crippen LogP contribution in [0.25, 0.3) is 0 Å². The quantitative estimate of drug-likeness (QED) is 0.779. The minimum absolute atomic E-state index is 0.175. The largest absolute Gasteiger partial charge is 0.493 e. The maximum absolute atomic E-state index is 9.48. The van der Waals surface area contributed by atoms with E-state index >= 15 is 0 Å². The molecule has 1 unspecified atom stereocenters. The second kappa shape index (κ2) is 6.95. The third kappa shape index (κ3) is 5.23. The van der Waals surface area contributed by atoms with Gasteiger partial charge in [0.05, 0.1) is 12.7 Å². The molecule has 0 fully saturated rings. The number of benzene rings is 1. The molecule has 0 aliphatic heterocycles. The van der Waals surface area contributed by atoms with Gasteiger partial charge in [-0.15, -0.1) is 0 Å². The summed E-state index contributed by atoms with van der Waals surface area (Å²) < 4.78 is 5.79. The van der Waals surface area contributed by atoms with Gasteiger partial charge in [-0.05, 0) is 48.8 Å². The first-order valence-corrected chi connectivity index (χ1v) is 7.26. The Morgan fingerprint density at radius 3 is 2.47 bits per heavy atom. The van der Waals surface area contributed by atoms with E-state index in [9.17, 15) is 5.11 Å². The number of rotatable bonds is 6. The first kappa shape index (κ1) is 16.0. The predicted molar refractivity (Wildman–Crippen MR) is 80.9 cm³/mol. The summed E-state index contributed by atoms with van der Waals surface area (Å²) in [4.78, 5) is 0. The van der Waals surface area contributed by atoms with E-state index in [-0.39, 0.29) is 11.5 Å². The molecular weight excluding hydrogens is 236 g/mol. The summed E-state index contributed by atoms with van der Waals surface area (Å²) in [5, 5.41) is 9.48. The predicted octanol–water partition coefficient (Wildman–Crippen LogP) is 4.22. The summed E-state index contributed by atoms with van der Waals surface area (Å²) in [6.45, 7) is 11.4. The Morgan fingerprint density at radius 2 is 1.95 bits per heavy atom. The van der Waals surface area contributed by atoms with Gasteiger partial charge in [-0.3, -0.25) is 0 Å². The van der Waals surface area contributed by atoms with Crippen LogP contribution in [0.4, 0.5) is 0 Å². The van der Waals surface area contributed by atoms with Crippen molar-refractivity contribution in [3.63, 3.8) is 0 Å². The summed E-state index contributed by atoms with van der Waals surface area (Å²) in [5.74, 6) is 0.957. The summed E-state index contributed by atoms with van der Waals surface area (Å²) in [6.07, 6.45) is 2.35. The van der Waals surface area contributed by atoms with Gasteiger partial charge >= 0.3 is 0 Å². The van der Waals surface area contributed by atoms with E-state index in [4.69, 9.17) is 4.74 Å². The van der Waals surface area contributed by atoms with Gasteiger partial charge in [0.1, 0.15) is 5.75 Å². The van der Waals surface area contributed by atoms with Gasteiger partial charge in [-0.1, -0.05) is 39.8 Å². The molecule has 1 rings (SSSR count). The summed E-state index contributed by atoms with van der Waals surface area (Å²) >= 11 is 0. The standard InChI is InChI=1S/C17H28O2/c1-6-15(18)8-7-11-19-16-10-9-14(12-13(16)2)17(3,4)5/h9-10,12,15,18H,6-8,11H2,1-5H3. The van der Waals surface area contributed by atoms with Crippen LogP contribution in [0.15, 0.2) is 18.2 Å². The van der Waals surface area contributed by atoms with E-state index < -0.39 is 0 Å². The molecule has 1 N–H and O–H groups in total. The second-order valence-electron chi connectivity index (χ2n) is 6.28. The lowest BCUT2D eigenvalue weighted by molar-refractivity contribution is 0.148. The zero-order chi connectivity index (χ0) is 14.5. The van der Waals surface area contributed by atoms with Crippen LogP contribution in [0, 0.1) is 6.92 Å². The van der Waals surface area contributed by atoms with Crippen molar-refractivity contribution in [2.75, 3.05) is 6.61 Å². The molecule has 1 aromatic rings. The number of aliphatic hydroxyl groups excluding tert-OH is 1. The molecule has 0 amide bonds. The fraction of sp³-hybridized carbons (Fsp3) is 0.647. The van der Waals surface area contributed by atoms with Crippen LogP contribution in [0.2, 0.25) is 0 Å². The molecule has 0 aromatic heterocycles. The van der Waals surface area contributed by atoms with Gasteiger partial charge in [0.25, 0.3) is 0 Å². The molecule has 108 valence electrons. The molecule has 0 saturated heterocycles. The summed E-state index contributed by atoms with van der Waals surface area (Å²) in [7, 11) is 0. The molecule has 0 spiro atoms. The van der Waals surface area contributed by atoms with Crippen molar-refractivity contribution in [1.29, 1.82) is 0 Å². The molecule has 2 heteroatoms. The van der Waals surface area contributed by atoms with E-state index in [1.807, 2.05) is 6.92 Å². The fourth-order valence-electron chi connectivity index (χ4n) is 1.98. The van der Waals surface area contributed by atoms with Gasteiger partial charge in [-0.25, -0.2) is 0 Å². The molecule has 2 nitrogen and oxygen atoms in total. The highest BCUT2D eigenvalue weighted by Crippen LogP contribution is 2.27. The Hall–Kier alpha value is -1.02. The molecule has 0 saturated carbocycles. The molecular formula is C17H28O2. The molecule has 0 heterocycles. The van der Waals surface area contributed by atoms with Crippen LogP contribution in [-0.4, -0.2) is 17.8 Å². The number of ether oxygens (including phenoxy) is 1. The van der Waals surface area contributed by atoms with Gasteiger partial charge in [-0.2, -0.15) is 0 Å². The minimum Gasteiger partial charge on any atom is -0.493 e. The van der Waals surface area contributed by atoms with Gasteiger partial charge < -0.3 is 9.84 Å². The Morgan fingerprint density at radius 1 is 1.26 bits per heavy atom. The van der Waals surface area contributed by atoms with Gasteiger partial charge in [0.2, 0.25) is 0 Å². The number of aryl methyl sites for hydroxylation is 1. The van der Waals surface area contributed by atoms with E-state index in [1.165, 1.54) is 11.1 Å². The van der Waals surface area contributed by atoms with Crippen LogP contribution < -0.4 is 4.74 Å². The maximum atomic E-state index is 9.48. The average Bonchev–Trinajstić information content (AvgIpc) is 2.34.